The highest BCUT2D eigenvalue weighted by Gasteiger charge is 2.25. The summed E-state index contributed by atoms with van der Waals surface area (Å²) >= 11 is 1.71. The van der Waals surface area contributed by atoms with E-state index in [2.05, 4.69) is 10.2 Å². The quantitative estimate of drug-likeness (QED) is 0.823. The van der Waals surface area contributed by atoms with Gasteiger partial charge < -0.3 is 10.2 Å². The highest BCUT2D eigenvalue weighted by Crippen LogP contribution is 2.35. The van der Waals surface area contributed by atoms with Crippen molar-refractivity contribution in [2.24, 2.45) is 11.7 Å². The molecule has 0 bridgehead atoms. The number of hydrogen-bond donors (Lipinski definition) is 1. The van der Waals surface area contributed by atoms with Crippen molar-refractivity contribution in [1.82, 2.24) is 10.2 Å². The summed E-state index contributed by atoms with van der Waals surface area (Å²) in [6.07, 6.45) is 6.38. The van der Waals surface area contributed by atoms with Crippen LogP contribution < -0.4 is 5.73 Å². The van der Waals surface area contributed by atoms with Crippen LogP contribution in [0.4, 0.5) is 0 Å². The monoisotopic (exact) mass is 241 g/mol. The van der Waals surface area contributed by atoms with Gasteiger partial charge in [-0.3, -0.25) is 0 Å². The first kappa shape index (κ1) is 11.9. The van der Waals surface area contributed by atoms with Crippen molar-refractivity contribution >= 4 is 11.8 Å². The van der Waals surface area contributed by atoms with E-state index in [-0.39, 0.29) is 0 Å². The zero-order valence-electron chi connectivity index (χ0n) is 9.69. The summed E-state index contributed by atoms with van der Waals surface area (Å²) in [7, 11) is 0. The van der Waals surface area contributed by atoms with E-state index in [1.165, 1.54) is 32.1 Å². The van der Waals surface area contributed by atoms with Crippen LogP contribution in [-0.2, 0) is 0 Å². The van der Waals surface area contributed by atoms with Gasteiger partial charge in [0.15, 0.2) is 0 Å². The van der Waals surface area contributed by atoms with Crippen LogP contribution in [0.1, 0.15) is 38.0 Å². The van der Waals surface area contributed by atoms with Gasteiger partial charge in [-0.05, 0) is 25.3 Å². The van der Waals surface area contributed by atoms with Crippen molar-refractivity contribution in [1.29, 1.82) is 0 Å². The lowest BCUT2D eigenvalue weighted by molar-refractivity contribution is 0.422. The Bertz CT molecular complexity index is 329. The van der Waals surface area contributed by atoms with Crippen molar-refractivity contribution in [2.75, 3.05) is 6.54 Å². The topological polar surface area (TPSA) is 64.9 Å². The minimum absolute atomic E-state index is 0.548. The largest absolute Gasteiger partial charge is 0.416 e. The van der Waals surface area contributed by atoms with Crippen LogP contribution in [0.5, 0.6) is 0 Å². The number of rotatable bonds is 3. The lowest BCUT2D eigenvalue weighted by Gasteiger charge is -2.21. The van der Waals surface area contributed by atoms with Gasteiger partial charge in [-0.2, -0.15) is 0 Å². The fraction of sp³-hybridized carbons (Fsp3) is 0.818. The molecule has 0 spiro atoms. The predicted octanol–water partition coefficient (Wildman–Crippen LogP) is 2.38. The molecule has 2 rings (SSSR count). The number of nitrogens with zero attached hydrogens (tertiary/aromatic N) is 2. The van der Waals surface area contributed by atoms with E-state index in [1.807, 2.05) is 6.92 Å². The van der Waals surface area contributed by atoms with Crippen LogP contribution in [0.15, 0.2) is 9.64 Å². The van der Waals surface area contributed by atoms with Crippen molar-refractivity contribution in [3.05, 3.63) is 5.89 Å². The van der Waals surface area contributed by atoms with Gasteiger partial charge in [0.2, 0.25) is 5.89 Å². The Labute approximate surface area is 100 Å². The van der Waals surface area contributed by atoms with Crippen LogP contribution >= 0.6 is 11.8 Å². The molecule has 1 aliphatic rings. The second kappa shape index (κ2) is 5.68. The molecule has 0 aromatic carbocycles. The third-order valence-electron chi connectivity index (χ3n) is 3.15. The van der Waals surface area contributed by atoms with E-state index in [4.69, 9.17) is 10.2 Å². The number of nitrogens with two attached hydrogens (primary N) is 1. The molecule has 1 fully saturated rings. The van der Waals surface area contributed by atoms with Gasteiger partial charge in [0.05, 0.1) is 0 Å². The molecular formula is C11H19N3OS. The number of aryl methyl sites for hydroxylation is 1. The Balaban J connectivity index is 1.99. The van der Waals surface area contributed by atoms with Crippen molar-refractivity contribution in [2.45, 2.75) is 49.5 Å². The van der Waals surface area contributed by atoms with Gasteiger partial charge in [-0.25, -0.2) is 0 Å². The van der Waals surface area contributed by atoms with Crippen molar-refractivity contribution in [3.63, 3.8) is 0 Å². The fourth-order valence-corrected chi connectivity index (χ4v) is 3.47. The van der Waals surface area contributed by atoms with Crippen molar-refractivity contribution in [3.8, 4) is 0 Å². The van der Waals surface area contributed by atoms with E-state index in [0.717, 1.165) is 6.54 Å². The third kappa shape index (κ3) is 2.98. The maximum absolute atomic E-state index is 5.84. The lowest BCUT2D eigenvalue weighted by atomic mass is 10.0. The second-order valence-electron chi connectivity index (χ2n) is 4.38. The first-order valence-electron chi connectivity index (χ1n) is 5.96. The fourth-order valence-electron chi connectivity index (χ4n) is 2.23. The Kier molecular flexibility index (Phi) is 4.23. The normalized spacial score (nSPS) is 26.6. The summed E-state index contributed by atoms with van der Waals surface area (Å²) in [5.41, 5.74) is 5.84. The molecule has 2 atom stereocenters. The minimum atomic E-state index is 0.548. The van der Waals surface area contributed by atoms with Gasteiger partial charge in [-0.1, -0.05) is 31.0 Å². The average Bonchev–Trinajstić information content (AvgIpc) is 2.56. The van der Waals surface area contributed by atoms with Gasteiger partial charge in [0, 0.05) is 12.2 Å². The Morgan fingerprint density at radius 3 is 2.81 bits per heavy atom. The average molecular weight is 241 g/mol. The number of hydrogen-bond acceptors (Lipinski definition) is 5. The molecule has 5 heteroatoms. The van der Waals surface area contributed by atoms with E-state index < -0.39 is 0 Å². The zero-order valence-corrected chi connectivity index (χ0v) is 10.5. The molecule has 2 N–H and O–H groups in total. The molecular weight excluding hydrogens is 222 g/mol. The summed E-state index contributed by atoms with van der Waals surface area (Å²) in [5.74, 6) is 1.24. The van der Waals surface area contributed by atoms with E-state index in [9.17, 15) is 0 Å². The molecule has 90 valence electrons. The summed E-state index contributed by atoms with van der Waals surface area (Å²) in [5, 5.41) is 9.15. The van der Waals surface area contributed by atoms with Gasteiger partial charge in [0.1, 0.15) is 0 Å². The van der Waals surface area contributed by atoms with Crippen LogP contribution in [0, 0.1) is 12.8 Å². The number of aromatic nitrogens is 2. The Morgan fingerprint density at radius 1 is 1.31 bits per heavy atom. The number of thioether (sulfide) groups is 1. The lowest BCUT2D eigenvalue weighted by Crippen LogP contribution is -2.24. The molecule has 16 heavy (non-hydrogen) atoms. The Morgan fingerprint density at radius 2 is 2.12 bits per heavy atom. The highest BCUT2D eigenvalue weighted by atomic mass is 32.2. The summed E-state index contributed by atoms with van der Waals surface area (Å²) < 4.78 is 5.42. The van der Waals surface area contributed by atoms with E-state index in [1.54, 1.807) is 11.8 Å². The van der Waals surface area contributed by atoms with Gasteiger partial charge in [0.25, 0.3) is 5.22 Å². The third-order valence-corrected chi connectivity index (χ3v) is 4.44. The molecule has 1 saturated carbocycles. The second-order valence-corrected chi connectivity index (χ2v) is 5.57. The molecule has 2 unspecified atom stereocenters. The standard InChI is InChI=1S/C11H19N3OS/c1-8-13-14-11(15-8)16-10-6-4-2-3-5-9(10)7-12/h9-10H,2-7,12H2,1H3. The van der Waals surface area contributed by atoms with Crippen LogP contribution in [0.25, 0.3) is 0 Å². The van der Waals surface area contributed by atoms with Crippen LogP contribution in [0.2, 0.25) is 0 Å². The molecule has 4 nitrogen and oxygen atoms in total. The summed E-state index contributed by atoms with van der Waals surface area (Å²) in [6, 6.07) is 0. The summed E-state index contributed by atoms with van der Waals surface area (Å²) in [6.45, 7) is 2.59. The molecule has 1 heterocycles. The first-order chi connectivity index (χ1) is 7.79. The molecule has 0 saturated heterocycles. The molecule has 0 aliphatic heterocycles. The maximum Gasteiger partial charge on any atom is 0.276 e. The molecule has 0 radical (unpaired) electrons. The van der Waals surface area contributed by atoms with E-state index in [0.29, 0.717) is 22.3 Å². The van der Waals surface area contributed by atoms with Crippen LogP contribution in [0.3, 0.4) is 0 Å². The molecule has 1 aromatic heterocycles. The van der Waals surface area contributed by atoms with Crippen molar-refractivity contribution < 1.29 is 4.42 Å². The van der Waals surface area contributed by atoms with Crippen LogP contribution in [-0.4, -0.2) is 22.0 Å². The van der Waals surface area contributed by atoms with Gasteiger partial charge >= 0.3 is 0 Å². The molecule has 0 amide bonds. The Hall–Kier alpha value is -0.550. The zero-order chi connectivity index (χ0) is 11.4. The highest BCUT2D eigenvalue weighted by molar-refractivity contribution is 7.99. The maximum atomic E-state index is 5.84. The smallest absolute Gasteiger partial charge is 0.276 e. The first-order valence-corrected chi connectivity index (χ1v) is 6.84. The predicted molar refractivity (Wildman–Crippen MR) is 64.3 cm³/mol. The summed E-state index contributed by atoms with van der Waals surface area (Å²) in [4.78, 5) is 0. The molecule has 1 aromatic rings. The van der Waals surface area contributed by atoms with Gasteiger partial charge in [-0.15, -0.1) is 10.2 Å². The molecule has 1 aliphatic carbocycles. The SMILES string of the molecule is Cc1nnc(SC2CCCCCC2CN)o1. The van der Waals surface area contributed by atoms with E-state index >= 15 is 0 Å². The minimum Gasteiger partial charge on any atom is -0.416 e.